The molecule has 2 aromatic carbocycles. The molecule has 1 aliphatic rings. The summed E-state index contributed by atoms with van der Waals surface area (Å²) in [6, 6.07) is 15.2. The minimum atomic E-state index is -3.70. The number of ether oxygens (including phenoxy) is 1. The molecule has 0 saturated heterocycles. The van der Waals surface area contributed by atoms with Crippen LogP contribution in [0.5, 0.6) is 5.75 Å². The van der Waals surface area contributed by atoms with Gasteiger partial charge in [-0.25, -0.2) is 0 Å². The van der Waals surface area contributed by atoms with Crippen LogP contribution in [0.1, 0.15) is 49.7 Å². The summed E-state index contributed by atoms with van der Waals surface area (Å²) in [4.78, 5) is 0.272. The fourth-order valence-electron chi connectivity index (χ4n) is 3.56. The molecule has 0 N–H and O–H groups in total. The van der Waals surface area contributed by atoms with Gasteiger partial charge in [-0.15, -0.1) is 0 Å². The predicted molar refractivity (Wildman–Crippen MR) is 102 cm³/mol. The highest BCUT2D eigenvalue weighted by Gasteiger charge is 2.28. The number of aryl methyl sites for hydroxylation is 1. The van der Waals surface area contributed by atoms with Gasteiger partial charge < -0.3 is 4.74 Å². The molecule has 5 heteroatoms. The smallest absolute Gasteiger partial charge is 0.297 e. The van der Waals surface area contributed by atoms with Crippen LogP contribution in [0, 0.1) is 6.92 Å². The molecule has 0 heterocycles. The highest BCUT2D eigenvalue weighted by Crippen LogP contribution is 2.36. The number of hydrogen-bond donors (Lipinski definition) is 0. The number of rotatable bonds is 6. The third-order valence-corrected chi connectivity index (χ3v) is 6.48. The Balaban J connectivity index is 1.59. The third kappa shape index (κ3) is 4.46. The molecule has 0 bridgehead atoms. The summed E-state index contributed by atoms with van der Waals surface area (Å²) >= 11 is 0. The van der Waals surface area contributed by atoms with E-state index >= 15 is 0 Å². The highest BCUT2D eigenvalue weighted by molar-refractivity contribution is 7.86. The summed E-state index contributed by atoms with van der Waals surface area (Å²) in [6.07, 6.45) is 3.13. The fraction of sp³-hybridized carbons (Fsp3) is 0.429. The molecular formula is C21H26O4S. The Kier molecular flexibility index (Phi) is 5.99. The maximum absolute atomic E-state index is 12.5. The van der Waals surface area contributed by atoms with E-state index in [4.69, 9.17) is 8.92 Å². The summed E-state index contributed by atoms with van der Waals surface area (Å²) in [7, 11) is -3.70. The van der Waals surface area contributed by atoms with Crippen LogP contribution >= 0.6 is 0 Å². The van der Waals surface area contributed by atoms with Crippen LogP contribution < -0.4 is 4.74 Å². The van der Waals surface area contributed by atoms with Crippen molar-refractivity contribution in [1.82, 2.24) is 0 Å². The molecule has 1 saturated carbocycles. The summed E-state index contributed by atoms with van der Waals surface area (Å²) in [5.41, 5.74) is 2.00. The second-order valence-corrected chi connectivity index (χ2v) is 8.33. The number of benzene rings is 2. The van der Waals surface area contributed by atoms with Crippen LogP contribution in [-0.2, 0) is 14.3 Å². The van der Waals surface area contributed by atoms with Gasteiger partial charge in [-0.1, -0.05) is 30.3 Å². The average molecular weight is 375 g/mol. The summed E-state index contributed by atoms with van der Waals surface area (Å²) < 4.78 is 36.1. The average Bonchev–Trinajstić information content (AvgIpc) is 2.63. The minimum absolute atomic E-state index is 0.237. The van der Waals surface area contributed by atoms with Crippen molar-refractivity contribution in [2.45, 2.75) is 56.4 Å². The standard InChI is InChI=1S/C21H26O4S/c1-3-24-19-12-8-17(9-13-19)18-10-14-20(15-11-18)25-26(22,23)21-7-5-4-6-16(21)2/h4-9,12-13,18,20H,3,10-11,14-15H2,1-2H3. The fourth-order valence-corrected chi connectivity index (χ4v) is 4.93. The second kappa shape index (κ2) is 8.23. The molecule has 0 atom stereocenters. The van der Waals surface area contributed by atoms with E-state index in [2.05, 4.69) is 12.1 Å². The van der Waals surface area contributed by atoms with Gasteiger partial charge in [0.15, 0.2) is 0 Å². The Labute approximate surface area is 156 Å². The normalized spacial score (nSPS) is 20.7. The van der Waals surface area contributed by atoms with Gasteiger partial charge in [-0.05, 0) is 74.8 Å². The molecule has 3 rings (SSSR count). The summed E-state index contributed by atoms with van der Waals surface area (Å²) in [6.45, 7) is 4.43. The maximum atomic E-state index is 12.5. The molecule has 0 aliphatic heterocycles. The van der Waals surface area contributed by atoms with Crippen molar-refractivity contribution < 1.29 is 17.3 Å². The van der Waals surface area contributed by atoms with Crippen LogP contribution in [0.4, 0.5) is 0 Å². The van der Waals surface area contributed by atoms with Crippen LogP contribution in [0.25, 0.3) is 0 Å². The molecule has 140 valence electrons. The zero-order valence-electron chi connectivity index (χ0n) is 15.4. The van der Waals surface area contributed by atoms with Crippen molar-refractivity contribution >= 4 is 10.1 Å². The molecule has 0 radical (unpaired) electrons. The Morgan fingerprint density at radius 2 is 1.62 bits per heavy atom. The van der Waals surface area contributed by atoms with Gasteiger partial charge in [0.1, 0.15) is 5.75 Å². The van der Waals surface area contributed by atoms with Crippen LogP contribution in [-0.4, -0.2) is 21.1 Å². The van der Waals surface area contributed by atoms with E-state index in [0.29, 0.717) is 12.5 Å². The Morgan fingerprint density at radius 1 is 0.962 bits per heavy atom. The zero-order chi connectivity index (χ0) is 18.6. The number of hydrogen-bond acceptors (Lipinski definition) is 4. The second-order valence-electron chi connectivity index (χ2n) is 6.79. The first kappa shape index (κ1) is 18.9. The molecule has 2 aromatic rings. The maximum Gasteiger partial charge on any atom is 0.297 e. The first-order valence-corrected chi connectivity index (χ1v) is 10.6. The molecule has 1 fully saturated rings. The molecule has 0 aromatic heterocycles. The van der Waals surface area contributed by atoms with E-state index < -0.39 is 10.1 Å². The van der Waals surface area contributed by atoms with Gasteiger partial charge in [0.2, 0.25) is 0 Å². The van der Waals surface area contributed by atoms with Crippen molar-refractivity contribution in [3.05, 3.63) is 59.7 Å². The Bertz CT molecular complexity index is 819. The molecular weight excluding hydrogens is 348 g/mol. The molecule has 0 spiro atoms. The first-order valence-electron chi connectivity index (χ1n) is 9.21. The first-order chi connectivity index (χ1) is 12.5. The van der Waals surface area contributed by atoms with Gasteiger partial charge in [-0.2, -0.15) is 8.42 Å². The highest BCUT2D eigenvalue weighted by atomic mass is 32.2. The van der Waals surface area contributed by atoms with Crippen molar-refractivity contribution in [3.8, 4) is 5.75 Å². The van der Waals surface area contributed by atoms with Crippen LogP contribution in [0.3, 0.4) is 0 Å². The van der Waals surface area contributed by atoms with Crippen LogP contribution in [0.15, 0.2) is 53.4 Å². The van der Waals surface area contributed by atoms with Crippen molar-refractivity contribution in [2.75, 3.05) is 6.61 Å². The lowest BCUT2D eigenvalue weighted by molar-refractivity contribution is 0.153. The van der Waals surface area contributed by atoms with E-state index in [9.17, 15) is 8.42 Å². The molecule has 26 heavy (non-hydrogen) atoms. The minimum Gasteiger partial charge on any atom is -0.494 e. The van der Waals surface area contributed by atoms with E-state index in [-0.39, 0.29) is 11.0 Å². The lowest BCUT2D eigenvalue weighted by Crippen LogP contribution is -2.24. The van der Waals surface area contributed by atoms with Gasteiger partial charge in [0.25, 0.3) is 10.1 Å². The van der Waals surface area contributed by atoms with Crippen molar-refractivity contribution in [3.63, 3.8) is 0 Å². The largest absolute Gasteiger partial charge is 0.494 e. The van der Waals surface area contributed by atoms with Crippen LogP contribution in [0.2, 0.25) is 0 Å². The summed E-state index contributed by atoms with van der Waals surface area (Å²) in [5, 5.41) is 0. The van der Waals surface area contributed by atoms with Crippen molar-refractivity contribution in [2.24, 2.45) is 0 Å². The Hall–Kier alpha value is -1.85. The molecule has 4 nitrogen and oxygen atoms in total. The zero-order valence-corrected chi connectivity index (χ0v) is 16.2. The van der Waals surface area contributed by atoms with E-state index in [1.807, 2.05) is 25.1 Å². The monoisotopic (exact) mass is 374 g/mol. The van der Waals surface area contributed by atoms with Gasteiger partial charge >= 0.3 is 0 Å². The quantitative estimate of drug-likeness (QED) is 0.680. The molecule has 1 aliphatic carbocycles. The van der Waals surface area contributed by atoms with Gasteiger partial charge in [-0.3, -0.25) is 4.18 Å². The van der Waals surface area contributed by atoms with E-state index in [1.54, 1.807) is 25.1 Å². The van der Waals surface area contributed by atoms with Gasteiger partial charge in [0, 0.05) is 0 Å². The van der Waals surface area contributed by atoms with Crippen molar-refractivity contribution in [1.29, 1.82) is 0 Å². The van der Waals surface area contributed by atoms with Gasteiger partial charge in [0.05, 0.1) is 17.6 Å². The predicted octanol–water partition coefficient (Wildman–Crippen LogP) is 4.83. The molecule has 0 amide bonds. The third-order valence-electron chi connectivity index (χ3n) is 4.96. The molecule has 0 unspecified atom stereocenters. The SMILES string of the molecule is CCOc1ccc(C2CCC(OS(=O)(=O)c3ccccc3C)CC2)cc1. The lowest BCUT2D eigenvalue weighted by Gasteiger charge is -2.28. The van der Waals surface area contributed by atoms with E-state index in [1.165, 1.54) is 5.56 Å². The topological polar surface area (TPSA) is 52.6 Å². The Morgan fingerprint density at radius 3 is 2.23 bits per heavy atom. The van der Waals surface area contributed by atoms with E-state index in [0.717, 1.165) is 37.0 Å². The lowest BCUT2D eigenvalue weighted by atomic mass is 9.83. The summed E-state index contributed by atoms with van der Waals surface area (Å²) in [5.74, 6) is 1.34.